The number of anilines is 1. The van der Waals surface area contributed by atoms with Crippen LogP contribution in [0.5, 0.6) is 0 Å². The Hall–Kier alpha value is -2.96. The van der Waals surface area contributed by atoms with E-state index in [-0.39, 0.29) is 6.54 Å². The van der Waals surface area contributed by atoms with E-state index in [0.717, 1.165) is 20.9 Å². The number of hydrogen-bond donors (Lipinski definition) is 0. The molecule has 0 aliphatic carbocycles. The van der Waals surface area contributed by atoms with E-state index in [1.807, 2.05) is 13.0 Å². The van der Waals surface area contributed by atoms with Gasteiger partial charge < -0.3 is 4.52 Å². The van der Waals surface area contributed by atoms with Gasteiger partial charge >= 0.3 is 17.8 Å². The summed E-state index contributed by atoms with van der Waals surface area (Å²) in [7, 11) is 0. The van der Waals surface area contributed by atoms with Crippen LogP contribution in [0.15, 0.2) is 28.8 Å². The number of benzene rings is 1. The first-order valence-electron chi connectivity index (χ1n) is 7.08. The van der Waals surface area contributed by atoms with E-state index in [1.54, 1.807) is 32.0 Å². The van der Waals surface area contributed by atoms with Crippen LogP contribution >= 0.6 is 0 Å². The third-order valence-electron chi connectivity index (χ3n) is 3.64. The number of carbonyl (C=O) groups excluding carboxylic acids is 3. The van der Waals surface area contributed by atoms with Gasteiger partial charge in [0.2, 0.25) is 0 Å². The molecule has 7 heteroatoms. The van der Waals surface area contributed by atoms with Crippen LogP contribution in [-0.4, -0.2) is 27.9 Å². The Bertz CT molecular complexity index is 824. The van der Waals surface area contributed by atoms with E-state index >= 15 is 0 Å². The van der Waals surface area contributed by atoms with Crippen molar-refractivity contribution in [2.75, 3.05) is 4.90 Å². The molecule has 0 spiro atoms. The van der Waals surface area contributed by atoms with Gasteiger partial charge in [0.15, 0.2) is 5.76 Å². The summed E-state index contributed by atoms with van der Waals surface area (Å²) in [6.45, 7) is 5.31. The molecule has 1 aliphatic heterocycles. The zero-order valence-corrected chi connectivity index (χ0v) is 13.0. The van der Waals surface area contributed by atoms with Crippen LogP contribution < -0.4 is 4.90 Å². The molecular formula is C16H15N3O4. The van der Waals surface area contributed by atoms with Crippen LogP contribution in [0, 0.1) is 20.8 Å². The molecular weight excluding hydrogens is 298 g/mol. The lowest BCUT2D eigenvalue weighted by atomic mass is 10.1. The molecule has 0 saturated carbocycles. The average molecular weight is 313 g/mol. The van der Waals surface area contributed by atoms with Crippen molar-refractivity contribution in [2.24, 2.45) is 0 Å². The van der Waals surface area contributed by atoms with Crippen molar-refractivity contribution < 1.29 is 18.9 Å². The number of carbonyl (C=O) groups is 3. The minimum atomic E-state index is -0.871. The molecule has 0 atom stereocenters. The average Bonchev–Trinajstić information content (AvgIpc) is 2.98. The highest BCUT2D eigenvalue weighted by Gasteiger charge is 2.46. The molecule has 2 aromatic rings. The van der Waals surface area contributed by atoms with Gasteiger partial charge in [0.25, 0.3) is 0 Å². The Morgan fingerprint density at radius 1 is 1.04 bits per heavy atom. The molecule has 3 rings (SSSR count). The van der Waals surface area contributed by atoms with E-state index in [4.69, 9.17) is 4.52 Å². The Labute approximate surface area is 132 Å². The topological polar surface area (TPSA) is 83.7 Å². The highest BCUT2D eigenvalue weighted by Crippen LogP contribution is 2.27. The molecule has 0 radical (unpaired) electrons. The Morgan fingerprint density at radius 2 is 1.78 bits per heavy atom. The second-order valence-electron chi connectivity index (χ2n) is 5.54. The summed E-state index contributed by atoms with van der Waals surface area (Å²) in [5.41, 5.74) is 2.80. The van der Waals surface area contributed by atoms with E-state index < -0.39 is 17.8 Å². The van der Waals surface area contributed by atoms with Crippen LogP contribution in [0.3, 0.4) is 0 Å². The number of hydrogen-bond acceptors (Lipinski definition) is 5. The molecule has 1 fully saturated rings. The summed E-state index contributed by atoms with van der Waals surface area (Å²) in [5, 5.41) is 3.71. The van der Waals surface area contributed by atoms with Gasteiger partial charge in [-0.25, -0.2) is 14.6 Å². The molecule has 118 valence electrons. The van der Waals surface area contributed by atoms with E-state index in [1.165, 1.54) is 0 Å². The second kappa shape index (κ2) is 5.35. The maximum Gasteiger partial charge on any atom is 0.339 e. The van der Waals surface area contributed by atoms with Crippen molar-refractivity contribution in [3.05, 3.63) is 46.8 Å². The minimum Gasteiger partial charge on any atom is -0.359 e. The number of nitrogens with zero attached hydrogens (tertiary/aromatic N) is 3. The summed E-state index contributed by atoms with van der Waals surface area (Å²) >= 11 is 0. The number of rotatable bonds is 3. The van der Waals surface area contributed by atoms with Crippen LogP contribution in [0.4, 0.5) is 10.5 Å². The predicted octanol–water partition coefficient (Wildman–Crippen LogP) is 2.10. The molecule has 0 unspecified atom stereocenters. The fraction of sp³-hybridized carbons (Fsp3) is 0.250. The van der Waals surface area contributed by atoms with Gasteiger partial charge in [-0.3, -0.25) is 9.59 Å². The fourth-order valence-electron chi connectivity index (χ4n) is 2.56. The number of aryl methyl sites for hydroxylation is 3. The third kappa shape index (κ3) is 2.50. The summed E-state index contributed by atoms with van der Waals surface area (Å²) in [5.74, 6) is -1.39. The van der Waals surface area contributed by atoms with Gasteiger partial charge in [-0.15, -0.1) is 0 Å². The van der Waals surface area contributed by atoms with Gasteiger partial charge in [-0.05, 0) is 32.4 Å². The monoisotopic (exact) mass is 313 g/mol. The first kappa shape index (κ1) is 15.0. The maximum atomic E-state index is 12.5. The summed E-state index contributed by atoms with van der Waals surface area (Å²) < 4.78 is 5.01. The largest absolute Gasteiger partial charge is 0.359 e. The predicted molar refractivity (Wildman–Crippen MR) is 80.6 cm³/mol. The SMILES string of the molecule is Cc1ccc(N2C(=O)C(=O)N(Cc3cc(C)no3)C2=O)c(C)c1. The quantitative estimate of drug-likeness (QED) is 0.640. The number of amides is 4. The molecule has 0 bridgehead atoms. The number of imide groups is 2. The van der Waals surface area contributed by atoms with Gasteiger partial charge in [0, 0.05) is 6.07 Å². The van der Waals surface area contributed by atoms with Gasteiger partial charge in [-0.2, -0.15) is 0 Å². The molecule has 4 amide bonds. The molecule has 1 aromatic heterocycles. The number of urea groups is 1. The summed E-state index contributed by atoms with van der Waals surface area (Å²) in [6.07, 6.45) is 0. The highest BCUT2D eigenvalue weighted by atomic mass is 16.5. The Kier molecular flexibility index (Phi) is 3.48. The Morgan fingerprint density at radius 3 is 2.39 bits per heavy atom. The third-order valence-corrected chi connectivity index (χ3v) is 3.64. The fourth-order valence-corrected chi connectivity index (χ4v) is 2.56. The molecule has 7 nitrogen and oxygen atoms in total. The summed E-state index contributed by atoms with van der Waals surface area (Å²) in [6, 6.07) is 6.24. The van der Waals surface area contributed by atoms with Crippen molar-refractivity contribution in [2.45, 2.75) is 27.3 Å². The second-order valence-corrected chi connectivity index (χ2v) is 5.54. The maximum absolute atomic E-state index is 12.5. The van der Waals surface area contributed by atoms with Crippen LogP contribution in [0.25, 0.3) is 0 Å². The normalized spacial score (nSPS) is 15.0. The summed E-state index contributed by atoms with van der Waals surface area (Å²) in [4.78, 5) is 38.7. The Balaban J connectivity index is 1.93. The minimum absolute atomic E-state index is 0.119. The van der Waals surface area contributed by atoms with E-state index in [0.29, 0.717) is 17.1 Å². The van der Waals surface area contributed by atoms with E-state index in [2.05, 4.69) is 5.16 Å². The van der Waals surface area contributed by atoms with Crippen molar-refractivity contribution in [1.82, 2.24) is 10.1 Å². The van der Waals surface area contributed by atoms with E-state index in [9.17, 15) is 14.4 Å². The zero-order chi connectivity index (χ0) is 16.7. The molecule has 2 heterocycles. The molecule has 0 N–H and O–H groups in total. The highest BCUT2D eigenvalue weighted by molar-refractivity contribution is 6.52. The lowest BCUT2D eigenvalue weighted by Gasteiger charge is -2.16. The van der Waals surface area contributed by atoms with Crippen LogP contribution in [0.2, 0.25) is 0 Å². The standard InChI is InChI=1S/C16H15N3O4/c1-9-4-5-13(10(2)6-9)19-15(21)14(20)18(16(19)22)8-12-7-11(3)17-23-12/h4-7H,8H2,1-3H3. The first-order chi connectivity index (χ1) is 10.9. The lowest BCUT2D eigenvalue weighted by molar-refractivity contribution is -0.139. The van der Waals surface area contributed by atoms with Crippen LogP contribution in [-0.2, 0) is 16.1 Å². The zero-order valence-electron chi connectivity index (χ0n) is 13.0. The molecule has 1 aromatic carbocycles. The molecule has 1 aliphatic rings. The van der Waals surface area contributed by atoms with Crippen LogP contribution in [0.1, 0.15) is 22.6 Å². The van der Waals surface area contributed by atoms with Gasteiger partial charge in [-0.1, -0.05) is 22.9 Å². The molecule has 23 heavy (non-hydrogen) atoms. The van der Waals surface area contributed by atoms with Gasteiger partial charge in [0.05, 0.1) is 17.9 Å². The molecule has 1 saturated heterocycles. The smallest absolute Gasteiger partial charge is 0.339 e. The van der Waals surface area contributed by atoms with Crippen molar-refractivity contribution in [1.29, 1.82) is 0 Å². The van der Waals surface area contributed by atoms with Gasteiger partial charge in [0.1, 0.15) is 0 Å². The lowest BCUT2D eigenvalue weighted by Crippen LogP contribution is -2.33. The van der Waals surface area contributed by atoms with Crippen molar-refractivity contribution >= 4 is 23.5 Å². The van der Waals surface area contributed by atoms with Crippen molar-refractivity contribution in [3.63, 3.8) is 0 Å². The van der Waals surface area contributed by atoms with Crippen molar-refractivity contribution in [3.8, 4) is 0 Å². The first-order valence-corrected chi connectivity index (χ1v) is 7.08. The number of aromatic nitrogens is 1.